The summed E-state index contributed by atoms with van der Waals surface area (Å²) in [5.41, 5.74) is 7.14. The van der Waals surface area contributed by atoms with Crippen molar-refractivity contribution in [1.82, 2.24) is 9.80 Å². The Hall–Kier alpha value is -1.59. The molecule has 0 aliphatic carbocycles. The number of nitrogen functional groups attached to an aromatic ring is 1. The van der Waals surface area contributed by atoms with Gasteiger partial charge in [-0.2, -0.15) is 0 Å². The molecule has 1 aliphatic heterocycles. The maximum absolute atomic E-state index is 12.3. The number of likely N-dealkylation sites (N-methyl/N-ethyl adjacent to an activating group) is 1. The van der Waals surface area contributed by atoms with Crippen LogP contribution in [0.1, 0.15) is 13.3 Å². The standard InChI is InChI=1S/C16H26N4O/c1-12(20(3)11-13-8-9-19(2)10-13)16(21)18-15-7-5-4-6-14(15)17/h4-7,12-13H,8-11,17H2,1-3H3,(H,18,21). The Morgan fingerprint density at radius 1 is 1.52 bits per heavy atom. The van der Waals surface area contributed by atoms with Gasteiger partial charge in [0.25, 0.3) is 0 Å². The Bertz CT molecular complexity index is 491. The number of rotatable bonds is 5. The van der Waals surface area contributed by atoms with Crippen LogP contribution < -0.4 is 11.1 Å². The highest BCUT2D eigenvalue weighted by Gasteiger charge is 2.25. The number of carbonyl (C=O) groups excluding carboxylic acids is 1. The molecule has 0 bridgehead atoms. The van der Waals surface area contributed by atoms with E-state index in [4.69, 9.17) is 5.73 Å². The molecule has 116 valence electrons. The van der Waals surface area contributed by atoms with Crippen LogP contribution in [0, 0.1) is 5.92 Å². The number of nitrogens with two attached hydrogens (primary N) is 1. The largest absolute Gasteiger partial charge is 0.397 e. The molecule has 0 radical (unpaired) electrons. The van der Waals surface area contributed by atoms with Crippen LogP contribution in [-0.2, 0) is 4.79 Å². The van der Waals surface area contributed by atoms with Crippen molar-refractivity contribution in [1.29, 1.82) is 0 Å². The average Bonchev–Trinajstić information content (AvgIpc) is 2.85. The van der Waals surface area contributed by atoms with Crippen molar-refractivity contribution in [3.05, 3.63) is 24.3 Å². The first-order valence-electron chi connectivity index (χ1n) is 7.51. The lowest BCUT2D eigenvalue weighted by molar-refractivity contribution is -0.120. The Labute approximate surface area is 127 Å². The van der Waals surface area contributed by atoms with Crippen LogP contribution >= 0.6 is 0 Å². The van der Waals surface area contributed by atoms with E-state index in [1.165, 1.54) is 6.42 Å². The molecule has 1 aromatic rings. The SMILES string of the molecule is CC(C(=O)Nc1ccccc1N)N(C)CC1CCN(C)C1. The van der Waals surface area contributed by atoms with Gasteiger partial charge in [-0.25, -0.2) is 0 Å². The summed E-state index contributed by atoms with van der Waals surface area (Å²) in [6.45, 7) is 5.15. The van der Waals surface area contributed by atoms with Crippen molar-refractivity contribution < 1.29 is 4.79 Å². The summed E-state index contributed by atoms with van der Waals surface area (Å²) in [4.78, 5) is 16.8. The second-order valence-electron chi connectivity index (χ2n) is 6.11. The Kier molecular flexibility index (Phi) is 5.20. The summed E-state index contributed by atoms with van der Waals surface area (Å²) < 4.78 is 0. The van der Waals surface area contributed by atoms with Crippen LogP contribution in [0.4, 0.5) is 11.4 Å². The van der Waals surface area contributed by atoms with Gasteiger partial charge in [-0.15, -0.1) is 0 Å². The van der Waals surface area contributed by atoms with Crippen LogP contribution in [-0.4, -0.2) is 55.5 Å². The third kappa shape index (κ3) is 4.19. The fraction of sp³-hybridized carbons (Fsp3) is 0.562. The van der Waals surface area contributed by atoms with Crippen molar-refractivity contribution in [2.75, 3.05) is 44.8 Å². The molecular weight excluding hydrogens is 264 g/mol. The van der Waals surface area contributed by atoms with E-state index in [0.29, 0.717) is 17.3 Å². The molecule has 2 atom stereocenters. The zero-order valence-corrected chi connectivity index (χ0v) is 13.2. The summed E-state index contributed by atoms with van der Waals surface area (Å²) >= 11 is 0. The van der Waals surface area contributed by atoms with Crippen LogP contribution in [0.25, 0.3) is 0 Å². The van der Waals surface area contributed by atoms with Gasteiger partial charge >= 0.3 is 0 Å². The zero-order chi connectivity index (χ0) is 15.4. The number of amides is 1. The summed E-state index contributed by atoms with van der Waals surface area (Å²) in [7, 11) is 4.16. The van der Waals surface area contributed by atoms with Crippen LogP contribution in [0.2, 0.25) is 0 Å². The number of likely N-dealkylation sites (tertiary alicyclic amines) is 1. The molecule has 21 heavy (non-hydrogen) atoms. The molecule has 1 aromatic carbocycles. The van der Waals surface area contributed by atoms with Crippen molar-refractivity contribution in [3.8, 4) is 0 Å². The molecule has 3 N–H and O–H groups in total. The van der Waals surface area contributed by atoms with E-state index < -0.39 is 0 Å². The van der Waals surface area contributed by atoms with Gasteiger partial charge in [0, 0.05) is 13.1 Å². The van der Waals surface area contributed by atoms with Crippen LogP contribution in [0.15, 0.2) is 24.3 Å². The summed E-state index contributed by atoms with van der Waals surface area (Å²) in [6.07, 6.45) is 1.21. The first-order valence-corrected chi connectivity index (χ1v) is 7.51. The number of nitrogens with one attached hydrogen (secondary N) is 1. The number of hydrogen-bond donors (Lipinski definition) is 2. The van der Waals surface area contributed by atoms with E-state index >= 15 is 0 Å². The minimum absolute atomic E-state index is 0.0123. The smallest absolute Gasteiger partial charge is 0.241 e. The van der Waals surface area contributed by atoms with E-state index in [0.717, 1.165) is 19.6 Å². The predicted molar refractivity (Wildman–Crippen MR) is 87.2 cm³/mol. The molecule has 0 spiro atoms. The lowest BCUT2D eigenvalue weighted by atomic mass is 10.1. The fourth-order valence-corrected chi connectivity index (χ4v) is 2.79. The van der Waals surface area contributed by atoms with E-state index in [2.05, 4.69) is 22.2 Å². The lowest BCUT2D eigenvalue weighted by Gasteiger charge is -2.26. The summed E-state index contributed by atoms with van der Waals surface area (Å²) in [5.74, 6) is 0.638. The molecule has 0 aromatic heterocycles. The molecule has 1 fully saturated rings. The van der Waals surface area contributed by atoms with Gasteiger partial charge in [-0.05, 0) is 52.0 Å². The van der Waals surface area contributed by atoms with Gasteiger partial charge in [0.05, 0.1) is 17.4 Å². The van der Waals surface area contributed by atoms with Crippen molar-refractivity contribution in [2.24, 2.45) is 5.92 Å². The lowest BCUT2D eigenvalue weighted by Crippen LogP contribution is -2.42. The zero-order valence-electron chi connectivity index (χ0n) is 13.2. The topological polar surface area (TPSA) is 61.6 Å². The number of para-hydroxylation sites is 2. The first-order chi connectivity index (χ1) is 9.97. The third-order valence-corrected chi connectivity index (χ3v) is 4.29. The molecule has 5 nitrogen and oxygen atoms in total. The quantitative estimate of drug-likeness (QED) is 0.806. The normalized spacial score (nSPS) is 20.7. The summed E-state index contributed by atoms with van der Waals surface area (Å²) in [5, 5.41) is 2.91. The van der Waals surface area contributed by atoms with Gasteiger partial charge in [0.15, 0.2) is 0 Å². The molecule has 1 heterocycles. The van der Waals surface area contributed by atoms with Gasteiger partial charge in [-0.1, -0.05) is 12.1 Å². The predicted octanol–water partition coefficient (Wildman–Crippen LogP) is 1.48. The van der Waals surface area contributed by atoms with Crippen molar-refractivity contribution in [3.63, 3.8) is 0 Å². The van der Waals surface area contributed by atoms with Gasteiger partial charge in [0.1, 0.15) is 0 Å². The molecule has 1 saturated heterocycles. The minimum atomic E-state index is -0.171. The van der Waals surface area contributed by atoms with E-state index in [-0.39, 0.29) is 11.9 Å². The number of anilines is 2. The number of hydrogen-bond acceptors (Lipinski definition) is 4. The highest BCUT2D eigenvalue weighted by Crippen LogP contribution is 2.19. The maximum Gasteiger partial charge on any atom is 0.241 e. The van der Waals surface area contributed by atoms with Crippen LogP contribution in [0.5, 0.6) is 0 Å². The number of benzene rings is 1. The third-order valence-electron chi connectivity index (χ3n) is 4.29. The fourth-order valence-electron chi connectivity index (χ4n) is 2.79. The molecular formula is C16H26N4O. The summed E-state index contributed by atoms with van der Waals surface area (Å²) in [6, 6.07) is 7.17. The highest BCUT2D eigenvalue weighted by molar-refractivity contribution is 5.96. The molecule has 1 amide bonds. The Morgan fingerprint density at radius 2 is 2.24 bits per heavy atom. The van der Waals surface area contributed by atoms with E-state index in [1.807, 2.05) is 32.2 Å². The van der Waals surface area contributed by atoms with E-state index in [1.54, 1.807) is 6.07 Å². The Balaban J connectivity index is 1.88. The molecule has 0 saturated carbocycles. The minimum Gasteiger partial charge on any atom is -0.397 e. The Morgan fingerprint density at radius 3 is 2.86 bits per heavy atom. The second-order valence-corrected chi connectivity index (χ2v) is 6.11. The monoisotopic (exact) mass is 290 g/mol. The molecule has 5 heteroatoms. The maximum atomic E-state index is 12.3. The van der Waals surface area contributed by atoms with Crippen molar-refractivity contribution in [2.45, 2.75) is 19.4 Å². The average molecular weight is 290 g/mol. The van der Waals surface area contributed by atoms with Gasteiger partial charge < -0.3 is 16.0 Å². The second kappa shape index (κ2) is 6.91. The molecule has 2 unspecified atom stereocenters. The van der Waals surface area contributed by atoms with Crippen molar-refractivity contribution >= 4 is 17.3 Å². The van der Waals surface area contributed by atoms with Crippen LogP contribution in [0.3, 0.4) is 0 Å². The molecule has 2 rings (SSSR count). The van der Waals surface area contributed by atoms with E-state index in [9.17, 15) is 4.79 Å². The van der Waals surface area contributed by atoms with Gasteiger partial charge in [0.2, 0.25) is 5.91 Å². The highest BCUT2D eigenvalue weighted by atomic mass is 16.2. The number of nitrogens with zero attached hydrogens (tertiary/aromatic N) is 2. The first kappa shape index (κ1) is 15.8. The number of carbonyl (C=O) groups is 1. The van der Waals surface area contributed by atoms with Gasteiger partial charge in [-0.3, -0.25) is 9.69 Å². The molecule has 1 aliphatic rings.